The molecule has 6 heteroatoms. The molecule has 12 heavy (non-hydrogen) atoms. The Hall–Kier alpha value is -1.17. The maximum absolute atomic E-state index is 11.2. The van der Waals surface area contributed by atoms with E-state index in [1.165, 1.54) is 4.40 Å². The van der Waals surface area contributed by atoms with Gasteiger partial charge in [-0.15, -0.1) is 10.2 Å². The van der Waals surface area contributed by atoms with Gasteiger partial charge in [-0.05, 0) is 22.9 Å². The molecule has 2 rings (SSSR count). The maximum Gasteiger partial charge on any atom is 0.332 e. The van der Waals surface area contributed by atoms with Crippen LogP contribution in [0.4, 0.5) is 0 Å². The molecule has 0 amide bonds. The van der Waals surface area contributed by atoms with Gasteiger partial charge in [0.05, 0.1) is 4.47 Å². The zero-order valence-electron chi connectivity index (χ0n) is 6.21. The van der Waals surface area contributed by atoms with Crippen LogP contribution >= 0.6 is 15.9 Å². The third-order valence-electron chi connectivity index (χ3n) is 1.56. The minimum absolute atomic E-state index is 0.226. The van der Waals surface area contributed by atoms with Crippen LogP contribution in [0.2, 0.25) is 0 Å². The fourth-order valence-corrected chi connectivity index (χ4v) is 1.39. The van der Waals surface area contributed by atoms with Crippen LogP contribution in [0.3, 0.4) is 0 Å². The van der Waals surface area contributed by atoms with E-state index in [1.54, 1.807) is 13.1 Å². The van der Waals surface area contributed by atoms with Crippen LogP contribution in [0.1, 0.15) is 5.82 Å². The van der Waals surface area contributed by atoms with E-state index in [2.05, 4.69) is 31.1 Å². The van der Waals surface area contributed by atoms with Gasteiger partial charge in [0, 0.05) is 6.20 Å². The van der Waals surface area contributed by atoms with Crippen molar-refractivity contribution >= 4 is 21.6 Å². The molecule has 0 spiro atoms. The van der Waals surface area contributed by atoms with E-state index in [1.807, 2.05) is 0 Å². The average molecular weight is 229 g/mol. The lowest BCUT2D eigenvalue weighted by Crippen LogP contribution is -2.16. The molecule has 0 aromatic carbocycles. The zero-order valence-corrected chi connectivity index (χ0v) is 7.79. The molecule has 2 heterocycles. The summed E-state index contributed by atoms with van der Waals surface area (Å²) in [5, 5.41) is 7.61. The zero-order chi connectivity index (χ0) is 8.72. The fraction of sp³-hybridized carbons (Fsp3) is 0.167. The van der Waals surface area contributed by atoms with Crippen molar-refractivity contribution in [3.63, 3.8) is 0 Å². The van der Waals surface area contributed by atoms with Crippen molar-refractivity contribution in [3.8, 4) is 0 Å². The van der Waals surface area contributed by atoms with Crippen molar-refractivity contribution < 1.29 is 0 Å². The van der Waals surface area contributed by atoms with Gasteiger partial charge in [-0.2, -0.15) is 0 Å². The van der Waals surface area contributed by atoms with Gasteiger partial charge in [0.25, 0.3) is 0 Å². The predicted molar refractivity (Wildman–Crippen MR) is 46.0 cm³/mol. The summed E-state index contributed by atoms with van der Waals surface area (Å²) in [6.07, 6.45) is 1.55. The van der Waals surface area contributed by atoms with Crippen LogP contribution in [-0.2, 0) is 0 Å². The first-order valence-electron chi connectivity index (χ1n) is 3.29. The van der Waals surface area contributed by atoms with Crippen molar-refractivity contribution in [1.29, 1.82) is 0 Å². The Balaban J connectivity index is 3.09. The lowest BCUT2D eigenvalue weighted by atomic mass is 10.6. The van der Waals surface area contributed by atoms with Crippen molar-refractivity contribution in [2.45, 2.75) is 6.92 Å². The molecule has 0 saturated carbocycles. The minimum atomic E-state index is -0.226. The molecular formula is C6H5BrN4O. The predicted octanol–water partition coefficient (Wildman–Crippen LogP) is 0.489. The molecule has 1 N–H and O–H groups in total. The highest BCUT2D eigenvalue weighted by molar-refractivity contribution is 9.10. The minimum Gasteiger partial charge on any atom is -0.313 e. The second-order valence-corrected chi connectivity index (χ2v) is 3.20. The quantitative estimate of drug-likeness (QED) is 0.714. The SMILES string of the molecule is Cc1nnc2c(Br)c[nH]c(=O)n12. The first-order chi connectivity index (χ1) is 5.70. The van der Waals surface area contributed by atoms with Crippen molar-refractivity contribution in [2.24, 2.45) is 0 Å². The van der Waals surface area contributed by atoms with Crippen molar-refractivity contribution in [2.75, 3.05) is 0 Å². The van der Waals surface area contributed by atoms with Gasteiger partial charge < -0.3 is 4.98 Å². The standard InChI is InChI=1S/C6H5BrN4O/c1-3-9-10-5-4(7)2-8-6(12)11(3)5/h2H,1H3,(H,8,12). The van der Waals surface area contributed by atoms with Gasteiger partial charge in [-0.25, -0.2) is 9.20 Å². The summed E-state index contributed by atoms with van der Waals surface area (Å²) < 4.78 is 2.13. The molecule has 0 saturated heterocycles. The second-order valence-electron chi connectivity index (χ2n) is 2.35. The number of nitrogens with zero attached hydrogens (tertiary/aromatic N) is 3. The van der Waals surface area contributed by atoms with Crippen LogP contribution in [0.5, 0.6) is 0 Å². The number of H-pyrrole nitrogens is 1. The highest BCUT2D eigenvalue weighted by Crippen LogP contribution is 2.11. The topological polar surface area (TPSA) is 63.0 Å². The summed E-state index contributed by atoms with van der Waals surface area (Å²) >= 11 is 3.25. The fourth-order valence-electron chi connectivity index (χ4n) is 1.01. The van der Waals surface area contributed by atoms with Gasteiger partial charge in [-0.3, -0.25) is 0 Å². The molecule has 0 aliphatic heterocycles. The van der Waals surface area contributed by atoms with Crippen LogP contribution in [0.15, 0.2) is 15.5 Å². The van der Waals surface area contributed by atoms with E-state index in [-0.39, 0.29) is 5.69 Å². The molecular weight excluding hydrogens is 224 g/mol. The molecule has 0 fully saturated rings. The van der Waals surface area contributed by atoms with Gasteiger partial charge in [0.1, 0.15) is 5.82 Å². The van der Waals surface area contributed by atoms with E-state index in [0.29, 0.717) is 11.5 Å². The van der Waals surface area contributed by atoms with Crippen LogP contribution in [0.25, 0.3) is 5.65 Å². The Morgan fingerprint density at radius 1 is 1.58 bits per heavy atom. The molecule has 0 radical (unpaired) electrons. The Labute approximate surface area is 75.6 Å². The molecule has 2 aromatic heterocycles. The molecule has 0 atom stereocenters. The molecule has 0 aliphatic rings. The highest BCUT2D eigenvalue weighted by atomic mass is 79.9. The lowest BCUT2D eigenvalue weighted by molar-refractivity contribution is 0.933. The van der Waals surface area contributed by atoms with Crippen LogP contribution in [0, 0.1) is 6.92 Å². The number of aromatic amines is 1. The summed E-state index contributed by atoms with van der Waals surface area (Å²) in [5.74, 6) is 0.576. The Morgan fingerprint density at radius 2 is 2.33 bits per heavy atom. The number of fused-ring (bicyclic) bond motifs is 1. The van der Waals surface area contributed by atoms with Gasteiger partial charge in [0.15, 0.2) is 5.65 Å². The van der Waals surface area contributed by atoms with E-state index in [0.717, 1.165) is 4.47 Å². The summed E-state index contributed by atoms with van der Waals surface area (Å²) in [6, 6.07) is 0. The summed E-state index contributed by atoms with van der Waals surface area (Å²) in [4.78, 5) is 13.8. The monoisotopic (exact) mass is 228 g/mol. The number of aryl methyl sites for hydroxylation is 1. The molecule has 0 aliphatic carbocycles. The highest BCUT2D eigenvalue weighted by Gasteiger charge is 2.06. The molecule has 5 nitrogen and oxygen atoms in total. The normalized spacial score (nSPS) is 10.8. The third-order valence-corrected chi connectivity index (χ3v) is 2.15. The number of hydrogen-bond donors (Lipinski definition) is 1. The largest absolute Gasteiger partial charge is 0.332 e. The Kier molecular flexibility index (Phi) is 1.50. The summed E-state index contributed by atoms with van der Waals surface area (Å²) in [7, 11) is 0. The molecule has 62 valence electrons. The van der Waals surface area contributed by atoms with Crippen molar-refractivity contribution in [3.05, 3.63) is 27.0 Å². The molecule has 0 unspecified atom stereocenters. The van der Waals surface area contributed by atoms with E-state index in [4.69, 9.17) is 0 Å². The lowest BCUT2D eigenvalue weighted by Gasteiger charge is -1.93. The van der Waals surface area contributed by atoms with Crippen LogP contribution < -0.4 is 5.69 Å². The molecule has 0 bridgehead atoms. The van der Waals surface area contributed by atoms with Gasteiger partial charge in [-0.1, -0.05) is 0 Å². The van der Waals surface area contributed by atoms with E-state index < -0.39 is 0 Å². The Bertz CT molecular complexity index is 486. The summed E-state index contributed by atoms with van der Waals surface area (Å²) in [5.41, 5.74) is 0.312. The second kappa shape index (κ2) is 2.41. The number of hydrogen-bond acceptors (Lipinski definition) is 3. The van der Waals surface area contributed by atoms with E-state index >= 15 is 0 Å². The van der Waals surface area contributed by atoms with E-state index in [9.17, 15) is 4.79 Å². The van der Waals surface area contributed by atoms with Gasteiger partial charge in [0.2, 0.25) is 0 Å². The third kappa shape index (κ3) is 0.878. The molecule has 2 aromatic rings. The maximum atomic E-state index is 11.2. The number of nitrogens with one attached hydrogen (secondary N) is 1. The number of rotatable bonds is 0. The number of halogens is 1. The van der Waals surface area contributed by atoms with Gasteiger partial charge >= 0.3 is 5.69 Å². The Morgan fingerprint density at radius 3 is 3.00 bits per heavy atom. The average Bonchev–Trinajstić information content (AvgIpc) is 2.42. The summed E-state index contributed by atoms with van der Waals surface area (Å²) in [6.45, 7) is 1.72. The first kappa shape index (κ1) is 7.48. The number of aromatic nitrogens is 4. The first-order valence-corrected chi connectivity index (χ1v) is 4.08. The smallest absolute Gasteiger partial charge is 0.313 e. The van der Waals surface area contributed by atoms with Crippen molar-refractivity contribution in [1.82, 2.24) is 19.6 Å². The van der Waals surface area contributed by atoms with Crippen LogP contribution in [-0.4, -0.2) is 19.6 Å².